The number of halogens is 3. The molecule has 29 heavy (non-hydrogen) atoms. The van der Waals surface area contributed by atoms with Crippen molar-refractivity contribution in [2.75, 3.05) is 39.0 Å². The maximum Gasteiger partial charge on any atom is 0.416 e. The highest BCUT2D eigenvalue weighted by Crippen LogP contribution is 2.33. The largest absolute Gasteiger partial charge is 0.416 e. The average molecular weight is 405 g/mol. The molecular formula is C21H22F3N3O2. The summed E-state index contributed by atoms with van der Waals surface area (Å²) in [5, 5.41) is 2.95. The number of aldehydes is 1. The van der Waals surface area contributed by atoms with E-state index in [1.54, 1.807) is 31.3 Å². The summed E-state index contributed by atoms with van der Waals surface area (Å²) in [7, 11) is 3.54. The minimum absolute atomic E-state index is 0.318. The normalized spacial score (nSPS) is 17.8. The predicted molar refractivity (Wildman–Crippen MR) is 105 cm³/mol. The quantitative estimate of drug-likeness (QED) is 0.793. The van der Waals surface area contributed by atoms with Crippen LogP contribution in [0.2, 0.25) is 0 Å². The van der Waals surface area contributed by atoms with E-state index < -0.39 is 17.8 Å². The van der Waals surface area contributed by atoms with Gasteiger partial charge in [-0.1, -0.05) is 18.2 Å². The molecule has 1 saturated heterocycles. The summed E-state index contributed by atoms with van der Waals surface area (Å²) < 4.78 is 39.2. The summed E-state index contributed by atoms with van der Waals surface area (Å²) in [4.78, 5) is 28.2. The number of rotatable bonds is 4. The molecule has 0 saturated carbocycles. The Balaban J connectivity index is 2.00. The van der Waals surface area contributed by atoms with Gasteiger partial charge in [0.2, 0.25) is 0 Å². The average Bonchev–Trinajstić information content (AvgIpc) is 2.72. The molecule has 2 aromatic rings. The first kappa shape index (κ1) is 20.9. The molecule has 2 aromatic carbocycles. The van der Waals surface area contributed by atoms with Gasteiger partial charge in [0.15, 0.2) is 0 Å². The number of hydrogen-bond donors (Lipinski definition) is 1. The van der Waals surface area contributed by atoms with Crippen LogP contribution in [0.4, 0.5) is 18.9 Å². The second kappa shape index (κ2) is 8.24. The van der Waals surface area contributed by atoms with E-state index in [9.17, 15) is 22.8 Å². The maximum absolute atomic E-state index is 13.2. The molecule has 0 bridgehead atoms. The standard InChI is InChI=1S/C21H22F3N3O2/c1-25-19-7-6-15(14-4-3-5-16(10-14)21(22,23)24)11-18(19)20(29)27-9-8-26(2)12-17(27)13-28/h3-7,10-11,13,17,25H,8-9,12H2,1-2H3. The van der Waals surface area contributed by atoms with Crippen molar-refractivity contribution in [1.29, 1.82) is 0 Å². The van der Waals surface area contributed by atoms with Crippen LogP contribution in [-0.4, -0.2) is 61.8 Å². The van der Waals surface area contributed by atoms with E-state index in [-0.39, 0.29) is 5.91 Å². The molecular weight excluding hydrogens is 383 g/mol. The van der Waals surface area contributed by atoms with E-state index in [1.807, 2.05) is 11.9 Å². The lowest BCUT2D eigenvalue weighted by atomic mass is 9.98. The Morgan fingerprint density at radius 2 is 1.86 bits per heavy atom. The molecule has 1 N–H and O–H groups in total. The van der Waals surface area contributed by atoms with Crippen LogP contribution in [0.1, 0.15) is 15.9 Å². The number of hydrogen-bond acceptors (Lipinski definition) is 4. The van der Waals surface area contributed by atoms with E-state index in [4.69, 9.17) is 0 Å². The van der Waals surface area contributed by atoms with Crippen LogP contribution in [-0.2, 0) is 11.0 Å². The molecule has 1 unspecified atom stereocenters. The fraction of sp³-hybridized carbons (Fsp3) is 0.333. The molecule has 8 heteroatoms. The van der Waals surface area contributed by atoms with E-state index >= 15 is 0 Å². The second-order valence-electron chi connectivity index (χ2n) is 7.05. The van der Waals surface area contributed by atoms with Crippen LogP contribution in [0.25, 0.3) is 11.1 Å². The van der Waals surface area contributed by atoms with Gasteiger partial charge in [0.1, 0.15) is 12.3 Å². The fourth-order valence-corrected chi connectivity index (χ4v) is 3.47. The summed E-state index contributed by atoms with van der Waals surface area (Å²) in [5.74, 6) is -0.326. The van der Waals surface area contributed by atoms with E-state index in [2.05, 4.69) is 5.32 Å². The molecule has 0 aliphatic carbocycles. The summed E-state index contributed by atoms with van der Waals surface area (Å²) in [6.07, 6.45) is -3.69. The number of carbonyl (C=O) groups is 2. The summed E-state index contributed by atoms with van der Waals surface area (Å²) in [6.45, 7) is 1.48. The lowest BCUT2D eigenvalue weighted by Crippen LogP contribution is -2.54. The third-order valence-corrected chi connectivity index (χ3v) is 5.08. The molecule has 1 aliphatic heterocycles. The van der Waals surface area contributed by atoms with Crippen molar-refractivity contribution in [2.24, 2.45) is 0 Å². The highest BCUT2D eigenvalue weighted by Gasteiger charge is 2.32. The first-order valence-electron chi connectivity index (χ1n) is 9.19. The van der Waals surface area contributed by atoms with Crippen molar-refractivity contribution in [3.8, 4) is 11.1 Å². The zero-order chi connectivity index (χ0) is 21.2. The number of alkyl halides is 3. The van der Waals surface area contributed by atoms with Gasteiger partial charge < -0.3 is 19.9 Å². The van der Waals surface area contributed by atoms with E-state index in [1.165, 1.54) is 11.0 Å². The van der Waals surface area contributed by atoms with Gasteiger partial charge in [0.25, 0.3) is 5.91 Å². The third-order valence-electron chi connectivity index (χ3n) is 5.08. The first-order chi connectivity index (χ1) is 13.7. The molecule has 3 rings (SSSR count). The lowest BCUT2D eigenvalue weighted by molar-refractivity contribution is -0.137. The summed E-state index contributed by atoms with van der Waals surface area (Å²) in [6, 6.07) is 9.32. The molecule has 5 nitrogen and oxygen atoms in total. The summed E-state index contributed by atoms with van der Waals surface area (Å²) >= 11 is 0. The molecule has 1 amide bonds. The van der Waals surface area contributed by atoms with Crippen LogP contribution in [0, 0.1) is 0 Å². The highest BCUT2D eigenvalue weighted by molar-refractivity contribution is 6.02. The minimum Gasteiger partial charge on any atom is -0.387 e. The number of carbonyl (C=O) groups excluding carboxylic acids is 2. The van der Waals surface area contributed by atoms with Crippen molar-refractivity contribution in [1.82, 2.24) is 9.80 Å². The predicted octanol–water partition coefficient (Wildman–Crippen LogP) is 3.37. The Morgan fingerprint density at radius 1 is 1.14 bits per heavy atom. The van der Waals surface area contributed by atoms with Crippen LogP contribution < -0.4 is 5.32 Å². The fourth-order valence-electron chi connectivity index (χ4n) is 3.47. The number of nitrogens with zero attached hydrogens (tertiary/aromatic N) is 2. The zero-order valence-electron chi connectivity index (χ0n) is 16.2. The topological polar surface area (TPSA) is 52.7 Å². The Hall–Kier alpha value is -2.87. The van der Waals surface area contributed by atoms with Crippen molar-refractivity contribution in [3.63, 3.8) is 0 Å². The molecule has 0 spiro atoms. The van der Waals surface area contributed by atoms with E-state index in [0.29, 0.717) is 42.0 Å². The van der Waals surface area contributed by atoms with Crippen molar-refractivity contribution < 1.29 is 22.8 Å². The van der Waals surface area contributed by atoms with Crippen LogP contribution >= 0.6 is 0 Å². The number of piperazine rings is 1. The van der Waals surface area contributed by atoms with Gasteiger partial charge in [-0.05, 0) is 42.4 Å². The number of anilines is 1. The SMILES string of the molecule is CNc1ccc(-c2cccc(C(F)(F)F)c2)cc1C(=O)N1CCN(C)CC1C=O. The molecule has 154 valence electrons. The lowest BCUT2D eigenvalue weighted by Gasteiger charge is -2.37. The molecule has 0 radical (unpaired) electrons. The maximum atomic E-state index is 13.2. The highest BCUT2D eigenvalue weighted by atomic mass is 19.4. The Morgan fingerprint density at radius 3 is 2.52 bits per heavy atom. The van der Waals surface area contributed by atoms with Gasteiger partial charge >= 0.3 is 6.18 Å². The monoisotopic (exact) mass is 405 g/mol. The first-order valence-corrected chi connectivity index (χ1v) is 9.19. The van der Waals surface area contributed by atoms with E-state index in [0.717, 1.165) is 18.4 Å². The zero-order valence-corrected chi connectivity index (χ0v) is 16.2. The van der Waals surface area contributed by atoms with Crippen LogP contribution in [0.3, 0.4) is 0 Å². The number of amides is 1. The molecule has 1 aliphatic rings. The third kappa shape index (κ3) is 4.42. The molecule has 1 heterocycles. The molecule has 1 atom stereocenters. The smallest absolute Gasteiger partial charge is 0.387 e. The summed E-state index contributed by atoms with van der Waals surface area (Å²) in [5.41, 5.74) is 0.978. The Labute approximate surface area is 167 Å². The van der Waals surface area contributed by atoms with Gasteiger partial charge in [-0.15, -0.1) is 0 Å². The molecule has 1 fully saturated rings. The number of likely N-dealkylation sites (N-methyl/N-ethyl adjacent to an activating group) is 1. The minimum atomic E-state index is -4.45. The van der Waals surface area contributed by atoms with Crippen LogP contribution in [0.5, 0.6) is 0 Å². The van der Waals surface area contributed by atoms with Crippen molar-refractivity contribution >= 4 is 17.9 Å². The van der Waals surface area contributed by atoms with Crippen molar-refractivity contribution in [3.05, 3.63) is 53.6 Å². The van der Waals surface area contributed by atoms with Crippen molar-refractivity contribution in [2.45, 2.75) is 12.2 Å². The number of nitrogens with one attached hydrogen (secondary N) is 1. The molecule has 0 aromatic heterocycles. The van der Waals surface area contributed by atoms with Gasteiger partial charge in [0, 0.05) is 32.4 Å². The second-order valence-corrected chi connectivity index (χ2v) is 7.05. The number of benzene rings is 2. The Kier molecular flexibility index (Phi) is 5.93. The van der Waals surface area contributed by atoms with Gasteiger partial charge in [-0.2, -0.15) is 13.2 Å². The van der Waals surface area contributed by atoms with Gasteiger partial charge in [-0.25, -0.2) is 0 Å². The Bertz CT molecular complexity index is 914. The van der Waals surface area contributed by atoms with Crippen LogP contribution in [0.15, 0.2) is 42.5 Å². The van der Waals surface area contributed by atoms with Gasteiger partial charge in [-0.3, -0.25) is 4.79 Å². The van der Waals surface area contributed by atoms with Gasteiger partial charge in [0.05, 0.1) is 11.1 Å².